The molecule has 0 N–H and O–H groups in total. The van der Waals surface area contributed by atoms with Gasteiger partial charge in [0, 0.05) is 17.1 Å². The van der Waals surface area contributed by atoms with Crippen molar-refractivity contribution in [1.82, 2.24) is 15.0 Å². The molecule has 0 atom stereocenters. The van der Waals surface area contributed by atoms with E-state index in [0.29, 0.717) is 22.8 Å². The monoisotopic (exact) mass is 263 g/mol. The van der Waals surface area contributed by atoms with Crippen LogP contribution in [0.25, 0.3) is 0 Å². The molecule has 0 spiro atoms. The Morgan fingerprint density at radius 3 is 2.89 bits per heavy atom. The minimum absolute atomic E-state index is 0.0670. The molecule has 18 heavy (non-hydrogen) atoms. The number of nitrogens with zero attached hydrogens (tertiary/aromatic N) is 3. The van der Waals surface area contributed by atoms with Crippen molar-refractivity contribution in [2.75, 3.05) is 0 Å². The molecule has 0 radical (unpaired) electrons. The summed E-state index contributed by atoms with van der Waals surface area (Å²) in [4.78, 5) is 12.4. The van der Waals surface area contributed by atoms with Crippen LogP contribution in [-0.2, 0) is 6.54 Å². The summed E-state index contributed by atoms with van der Waals surface area (Å²) in [6, 6.07) is 5.24. The van der Waals surface area contributed by atoms with Gasteiger partial charge in [-0.15, -0.1) is 5.10 Å². The first-order chi connectivity index (χ1) is 8.63. The average Bonchev–Trinajstić information content (AvgIpc) is 2.77. The molecule has 1 aromatic carbocycles. The van der Waals surface area contributed by atoms with Gasteiger partial charge in [-0.25, -0.2) is 4.68 Å². The van der Waals surface area contributed by atoms with Gasteiger partial charge >= 0.3 is 0 Å². The third kappa shape index (κ3) is 2.43. The van der Waals surface area contributed by atoms with Crippen LogP contribution < -0.4 is 0 Å². The Kier molecular flexibility index (Phi) is 3.77. The highest BCUT2D eigenvalue weighted by Gasteiger charge is 2.16. The van der Waals surface area contributed by atoms with E-state index in [9.17, 15) is 4.79 Å². The molecule has 0 aliphatic heterocycles. The van der Waals surface area contributed by atoms with Crippen molar-refractivity contribution in [2.24, 2.45) is 0 Å². The van der Waals surface area contributed by atoms with Gasteiger partial charge in [-0.2, -0.15) is 0 Å². The molecule has 0 saturated heterocycles. The number of carbonyl (C=O) groups is 1. The predicted molar refractivity (Wildman–Crippen MR) is 69.9 cm³/mol. The molecule has 0 bridgehead atoms. The van der Waals surface area contributed by atoms with E-state index >= 15 is 0 Å². The van der Waals surface area contributed by atoms with Crippen molar-refractivity contribution in [3.05, 3.63) is 46.2 Å². The Balaban J connectivity index is 2.38. The quantitative estimate of drug-likeness (QED) is 0.797. The summed E-state index contributed by atoms with van der Waals surface area (Å²) in [5.41, 5.74) is 2.01. The third-order valence-electron chi connectivity index (χ3n) is 2.72. The zero-order valence-corrected chi connectivity index (χ0v) is 11.1. The van der Waals surface area contributed by atoms with E-state index < -0.39 is 0 Å². The van der Waals surface area contributed by atoms with Crippen molar-refractivity contribution in [3.8, 4) is 0 Å². The van der Waals surface area contributed by atoms with Gasteiger partial charge < -0.3 is 0 Å². The smallest absolute Gasteiger partial charge is 0.212 e. The van der Waals surface area contributed by atoms with Crippen molar-refractivity contribution < 1.29 is 4.79 Å². The number of rotatable bonds is 4. The Morgan fingerprint density at radius 1 is 1.44 bits per heavy atom. The average molecular weight is 264 g/mol. The number of aromatic nitrogens is 3. The Labute approximate surface area is 111 Å². The second-order valence-corrected chi connectivity index (χ2v) is 4.57. The number of halogens is 1. The number of hydrogen-bond acceptors (Lipinski definition) is 3. The third-order valence-corrected chi connectivity index (χ3v) is 2.95. The zero-order chi connectivity index (χ0) is 13.1. The maximum atomic E-state index is 12.4. The lowest BCUT2D eigenvalue weighted by Crippen LogP contribution is -2.12. The van der Waals surface area contributed by atoms with Gasteiger partial charge in [-0.3, -0.25) is 4.79 Å². The van der Waals surface area contributed by atoms with Gasteiger partial charge in [0.05, 0.1) is 6.20 Å². The van der Waals surface area contributed by atoms with Crippen molar-refractivity contribution in [3.63, 3.8) is 0 Å². The van der Waals surface area contributed by atoms with Crippen LogP contribution in [0.15, 0.2) is 24.4 Å². The van der Waals surface area contributed by atoms with E-state index in [1.165, 1.54) is 6.20 Å². The summed E-state index contributed by atoms with van der Waals surface area (Å²) in [6.45, 7) is 4.59. The Bertz CT molecular complexity index is 577. The van der Waals surface area contributed by atoms with E-state index in [2.05, 4.69) is 10.3 Å². The van der Waals surface area contributed by atoms with Crippen LogP contribution in [-0.4, -0.2) is 20.8 Å². The highest BCUT2D eigenvalue weighted by molar-refractivity contribution is 6.30. The van der Waals surface area contributed by atoms with E-state index in [4.69, 9.17) is 11.6 Å². The van der Waals surface area contributed by atoms with Gasteiger partial charge in [0.15, 0.2) is 0 Å². The lowest BCUT2D eigenvalue weighted by atomic mass is 10.0. The SMILES string of the molecule is CCCn1nncc1C(=O)c1ccc(Cl)cc1C. The summed E-state index contributed by atoms with van der Waals surface area (Å²) in [5.74, 6) is -0.0670. The topological polar surface area (TPSA) is 47.8 Å². The van der Waals surface area contributed by atoms with Crippen molar-refractivity contribution in [2.45, 2.75) is 26.8 Å². The molecule has 5 heteroatoms. The number of aryl methyl sites for hydroxylation is 2. The minimum atomic E-state index is -0.0670. The first-order valence-electron chi connectivity index (χ1n) is 5.82. The highest BCUT2D eigenvalue weighted by atomic mass is 35.5. The minimum Gasteiger partial charge on any atom is -0.287 e. The molecule has 94 valence electrons. The number of carbonyl (C=O) groups excluding carboxylic acids is 1. The van der Waals surface area contributed by atoms with Crippen molar-refractivity contribution in [1.29, 1.82) is 0 Å². The fourth-order valence-electron chi connectivity index (χ4n) is 1.83. The first kappa shape index (κ1) is 12.8. The maximum absolute atomic E-state index is 12.4. The molecule has 0 amide bonds. The highest BCUT2D eigenvalue weighted by Crippen LogP contribution is 2.18. The molecular formula is C13H14ClN3O. The lowest BCUT2D eigenvalue weighted by molar-refractivity contribution is 0.102. The van der Waals surface area contributed by atoms with E-state index in [-0.39, 0.29) is 5.78 Å². The predicted octanol–water partition coefficient (Wildman–Crippen LogP) is 2.88. The second-order valence-electron chi connectivity index (χ2n) is 4.13. The van der Waals surface area contributed by atoms with Gasteiger partial charge in [0.2, 0.25) is 5.78 Å². The van der Waals surface area contributed by atoms with Crippen LogP contribution >= 0.6 is 11.6 Å². The standard InChI is InChI=1S/C13H14ClN3O/c1-3-6-17-12(8-15-16-17)13(18)11-5-4-10(14)7-9(11)2/h4-5,7-8H,3,6H2,1-2H3. The fourth-order valence-corrected chi connectivity index (χ4v) is 2.06. The summed E-state index contributed by atoms with van der Waals surface area (Å²) in [5, 5.41) is 8.35. The molecule has 2 rings (SSSR count). The van der Waals surface area contributed by atoms with Crippen LogP contribution in [0.5, 0.6) is 0 Å². The Morgan fingerprint density at radius 2 is 2.22 bits per heavy atom. The molecule has 4 nitrogen and oxygen atoms in total. The van der Waals surface area contributed by atoms with Crippen LogP contribution in [0.2, 0.25) is 5.02 Å². The van der Waals surface area contributed by atoms with Gasteiger partial charge in [0.1, 0.15) is 5.69 Å². The summed E-state index contributed by atoms with van der Waals surface area (Å²) >= 11 is 5.89. The summed E-state index contributed by atoms with van der Waals surface area (Å²) in [6.07, 6.45) is 2.41. The molecule has 0 fully saturated rings. The van der Waals surface area contributed by atoms with Crippen molar-refractivity contribution >= 4 is 17.4 Å². The molecule has 1 heterocycles. The molecule has 0 saturated carbocycles. The molecule has 0 aliphatic carbocycles. The number of hydrogen-bond donors (Lipinski definition) is 0. The van der Waals surface area contributed by atoms with Crippen LogP contribution in [0.4, 0.5) is 0 Å². The van der Waals surface area contributed by atoms with Crippen LogP contribution in [0.3, 0.4) is 0 Å². The largest absolute Gasteiger partial charge is 0.287 e. The Hall–Kier alpha value is -1.68. The van der Waals surface area contributed by atoms with Gasteiger partial charge in [-0.1, -0.05) is 23.7 Å². The van der Waals surface area contributed by atoms with Gasteiger partial charge in [-0.05, 0) is 37.1 Å². The van der Waals surface area contributed by atoms with Gasteiger partial charge in [0.25, 0.3) is 0 Å². The normalized spacial score (nSPS) is 10.6. The summed E-state index contributed by atoms with van der Waals surface area (Å²) in [7, 11) is 0. The molecule has 0 unspecified atom stereocenters. The second kappa shape index (κ2) is 5.31. The van der Waals surface area contributed by atoms with E-state index in [1.807, 2.05) is 13.8 Å². The van der Waals surface area contributed by atoms with Crippen LogP contribution in [0.1, 0.15) is 35.0 Å². The fraction of sp³-hybridized carbons (Fsp3) is 0.308. The molecule has 0 aliphatic rings. The zero-order valence-electron chi connectivity index (χ0n) is 10.4. The molecular weight excluding hydrogens is 250 g/mol. The lowest BCUT2D eigenvalue weighted by Gasteiger charge is -2.06. The molecule has 1 aromatic heterocycles. The molecule has 2 aromatic rings. The summed E-state index contributed by atoms with van der Waals surface area (Å²) < 4.78 is 1.64. The van der Waals surface area contributed by atoms with Crippen LogP contribution in [0, 0.1) is 6.92 Å². The first-order valence-corrected chi connectivity index (χ1v) is 6.20. The maximum Gasteiger partial charge on any atom is 0.212 e. The number of benzene rings is 1. The van der Waals surface area contributed by atoms with E-state index in [0.717, 1.165) is 12.0 Å². The number of ketones is 1. The van der Waals surface area contributed by atoms with E-state index in [1.54, 1.807) is 22.9 Å².